The lowest BCUT2D eigenvalue weighted by atomic mass is 10.1. The van der Waals surface area contributed by atoms with Crippen molar-refractivity contribution in [1.29, 1.82) is 0 Å². The van der Waals surface area contributed by atoms with Crippen LogP contribution in [-0.4, -0.2) is 26.5 Å². The molecule has 1 rings (SSSR count). The second-order valence-electron chi connectivity index (χ2n) is 6.23. The highest BCUT2D eigenvalue weighted by molar-refractivity contribution is 7.84. The fourth-order valence-electron chi connectivity index (χ4n) is 1.68. The largest absolute Gasteiger partial charge is 0.466 e. The molecule has 0 saturated carbocycles. The van der Waals surface area contributed by atoms with Crippen molar-refractivity contribution in [3.8, 4) is 0 Å². The predicted octanol–water partition coefficient (Wildman–Crippen LogP) is 3.56. The molecule has 5 nitrogen and oxygen atoms in total. The third-order valence-corrected chi connectivity index (χ3v) is 4.88. The molecule has 0 radical (unpaired) electrons. The van der Waals surface area contributed by atoms with Crippen LogP contribution in [0.1, 0.15) is 58.7 Å². The molecular weight excluding hydrogens is 336 g/mol. The van der Waals surface area contributed by atoms with E-state index >= 15 is 0 Å². The maximum atomic E-state index is 12.4. The van der Waals surface area contributed by atoms with Gasteiger partial charge in [0.25, 0.3) is 0 Å². The molecule has 23 heavy (non-hydrogen) atoms. The number of carbonyl (C=O) groups excluding carboxylic acids is 1. The molecule has 0 fully saturated rings. The first-order chi connectivity index (χ1) is 10.7. The van der Waals surface area contributed by atoms with Crippen molar-refractivity contribution in [3.05, 3.63) is 29.0 Å². The number of hydrogen-bond acceptors (Lipinski definition) is 4. The summed E-state index contributed by atoms with van der Waals surface area (Å²) in [6, 6.07) is 2.81. The van der Waals surface area contributed by atoms with E-state index in [1.165, 1.54) is 0 Å². The van der Waals surface area contributed by atoms with E-state index in [0.717, 1.165) is 12.8 Å². The summed E-state index contributed by atoms with van der Waals surface area (Å²) in [7, 11) is -1.34. The molecule has 130 valence electrons. The molecule has 2 unspecified atom stereocenters. The molecule has 0 aromatic carbocycles. The van der Waals surface area contributed by atoms with Crippen LogP contribution in [-0.2, 0) is 20.5 Å². The molecule has 1 aromatic rings. The number of nitrogens with zero attached hydrogens (tertiary/aromatic N) is 1. The molecule has 1 N–H and O–H groups in total. The van der Waals surface area contributed by atoms with Crippen LogP contribution in [0.2, 0.25) is 5.02 Å². The van der Waals surface area contributed by atoms with Crippen molar-refractivity contribution in [2.75, 3.05) is 6.61 Å². The van der Waals surface area contributed by atoms with Crippen LogP contribution in [0.25, 0.3) is 0 Å². The zero-order valence-corrected chi connectivity index (χ0v) is 15.7. The lowest BCUT2D eigenvalue weighted by Gasteiger charge is -2.23. The van der Waals surface area contributed by atoms with Crippen molar-refractivity contribution >= 4 is 28.6 Å². The van der Waals surface area contributed by atoms with Crippen LogP contribution in [0.5, 0.6) is 0 Å². The average Bonchev–Trinajstić information content (AvgIpc) is 2.45. The lowest BCUT2D eigenvalue weighted by molar-refractivity contribution is -0.144. The molecule has 0 spiro atoms. The van der Waals surface area contributed by atoms with Crippen LogP contribution < -0.4 is 4.72 Å². The summed E-state index contributed by atoms with van der Waals surface area (Å²) < 4.78 is 20.1. The number of aromatic nitrogens is 1. The van der Waals surface area contributed by atoms with Crippen LogP contribution >= 0.6 is 11.6 Å². The van der Waals surface area contributed by atoms with Crippen LogP contribution in [0, 0.1) is 0 Å². The SMILES string of the molecule is CCCCOC(=O)CC(NS(=O)C(C)(C)C)c1cc(Cl)ccn1. The zero-order valence-electron chi connectivity index (χ0n) is 14.1. The Morgan fingerprint density at radius 1 is 1.48 bits per heavy atom. The molecule has 0 aliphatic carbocycles. The summed E-state index contributed by atoms with van der Waals surface area (Å²) in [5.74, 6) is -0.344. The summed E-state index contributed by atoms with van der Waals surface area (Å²) in [6.45, 7) is 8.00. The van der Waals surface area contributed by atoms with Crippen molar-refractivity contribution in [3.63, 3.8) is 0 Å². The Balaban J connectivity index is 2.84. The maximum Gasteiger partial charge on any atom is 0.307 e. The second-order valence-corrected chi connectivity index (χ2v) is 8.66. The second kappa shape index (κ2) is 9.35. The van der Waals surface area contributed by atoms with E-state index in [1.54, 1.807) is 18.3 Å². The van der Waals surface area contributed by atoms with Gasteiger partial charge in [-0.25, -0.2) is 8.93 Å². The summed E-state index contributed by atoms with van der Waals surface area (Å²) in [5.41, 5.74) is 0.572. The third kappa shape index (κ3) is 7.42. The highest BCUT2D eigenvalue weighted by atomic mass is 35.5. The number of halogens is 1. The number of carbonyl (C=O) groups is 1. The summed E-state index contributed by atoms with van der Waals surface area (Å²) in [4.78, 5) is 16.2. The van der Waals surface area contributed by atoms with E-state index in [4.69, 9.17) is 16.3 Å². The Labute approximate surface area is 145 Å². The minimum absolute atomic E-state index is 0.0544. The number of nitrogens with one attached hydrogen (secondary N) is 1. The van der Waals surface area contributed by atoms with Crippen molar-refractivity contribution in [2.24, 2.45) is 0 Å². The first-order valence-electron chi connectivity index (χ1n) is 7.69. The van der Waals surface area contributed by atoms with Gasteiger partial charge >= 0.3 is 5.97 Å². The van der Waals surface area contributed by atoms with Crippen LogP contribution in [0.4, 0.5) is 0 Å². The van der Waals surface area contributed by atoms with Gasteiger partial charge < -0.3 is 4.74 Å². The fraction of sp³-hybridized carbons (Fsp3) is 0.625. The minimum Gasteiger partial charge on any atom is -0.466 e. The number of rotatable bonds is 8. The third-order valence-electron chi connectivity index (χ3n) is 3.04. The number of esters is 1. The van der Waals surface area contributed by atoms with Crippen molar-refractivity contribution in [2.45, 2.75) is 57.7 Å². The van der Waals surface area contributed by atoms with Gasteiger partial charge in [0.05, 0.1) is 40.5 Å². The average molecular weight is 361 g/mol. The van der Waals surface area contributed by atoms with Gasteiger partial charge in [0.1, 0.15) is 0 Å². The predicted molar refractivity (Wildman–Crippen MR) is 93.5 cm³/mol. The lowest BCUT2D eigenvalue weighted by Crippen LogP contribution is -2.37. The normalized spacial score (nSPS) is 14.3. The van der Waals surface area contributed by atoms with Gasteiger partial charge in [0, 0.05) is 11.2 Å². The van der Waals surface area contributed by atoms with Crippen molar-refractivity contribution < 1.29 is 13.7 Å². The van der Waals surface area contributed by atoms with Crippen LogP contribution in [0.3, 0.4) is 0 Å². The first kappa shape index (κ1) is 20.1. The standard InChI is InChI=1S/C16H25ClN2O3S/c1-5-6-9-22-15(20)11-14(19-23(21)16(2,3)4)13-10-12(17)7-8-18-13/h7-8,10,14,19H,5-6,9,11H2,1-4H3. The van der Waals surface area contributed by atoms with E-state index in [-0.39, 0.29) is 12.4 Å². The van der Waals surface area contributed by atoms with E-state index < -0.39 is 21.8 Å². The Hall–Kier alpha value is -0.980. The van der Waals surface area contributed by atoms with E-state index in [1.807, 2.05) is 27.7 Å². The molecule has 0 aliphatic heterocycles. The number of hydrogen-bond donors (Lipinski definition) is 1. The molecule has 7 heteroatoms. The fourth-order valence-corrected chi connectivity index (χ4v) is 2.66. The Kier molecular flexibility index (Phi) is 8.16. The molecule has 0 amide bonds. The van der Waals surface area contributed by atoms with Gasteiger partial charge in [-0.2, -0.15) is 0 Å². The highest BCUT2D eigenvalue weighted by Crippen LogP contribution is 2.21. The maximum absolute atomic E-state index is 12.4. The monoisotopic (exact) mass is 360 g/mol. The van der Waals surface area contributed by atoms with Gasteiger partial charge in [0.15, 0.2) is 0 Å². The Bertz CT molecular complexity index is 546. The smallest absolute Gasteiger partial charge is 0.307 e. The van der Waals surface area contributed by atoms with E-state index in [2.05, 4.69) is 9.71 Å². The van der Waals surface area contributed by atoms with Crippen molar-refractivity contribution in [1.82, 2.24) is 9.71 Å². The van der Waals surface area contributed by atoms with Gasteiger partial charge in [-0.1, -0.05) is 24.9 Å². The molecule has 0 bridgehead atoms. The molecule has 1 aromatic heterocycles. The quantitative estimate of drug-likeness (QED) is 0.568. The summed E-state index contributed by atoms with van der Waals surface area (Å²) in [5, 5.41) is 0.516. The Morgan fingerprint density at radius 3 is 2.74 bits per heavy atom. The zero-order chi connectivity index (χ0) is 17.5. The Morgan fingerprint density at radius 2 is 2.17 bits per heavy atom. The molecule has 0 aliphatic rings. The van der Waals surface area contributed by atoms with E-state index in [9.17, 15) is 9.00 Å². The molecule has 0 saturated heterocycles. The van der Waals surface area contributed by atoms with E-state index in [0.29, 0.717) is 17.3 Å². The van der Waals surface area contributed by atoms with Crippen LogP contribution in [0.15, 0.2) is 18.3 Å². The first-order valence-corrected chi connectivity index (χ1v) is 9.22. The number of ether oxygens (including phenoxy) is 1. The summed E-state index contributed by atoms with van der Waals surface area (Å²) in [6.07, 6.45) is 3.40. The summed E-state index contributed by atoms with van der Waals surface area (Å²) >= 11 is 5.99. The molecule has 1 heterocycles. The topological polar surface area (TPSA) is 68.3 Å². The number of pyridine rings is 1. The highest BCUT2D eigenvalue weighted by Gasteiger charge is 2.26. The van der Waals surface area contributed by atoms with Gasteiger partial charge in [0.2, 0.25) is 0 Å². The minimum atomic E-state index is -1.34. The molecule has 2 atom stereocenters. The van der Waals surface area contributed by atoms with Gasteiger partial charge in [-0.3, -0.25) is 9.78 Å². The number of unbranched alkanes of at least 4 members (excludes halogenated alkanes) is 1. The van der Waals surface area contributed by atoms with Gasteiger partial charge in [-0.15, -0.1) is 0 Å². The molecular formula is C16H25ClN2O3S. The van der Waals surface area contributed by atoms with Gasteiger partial charge in [-0.05, 0) is 39.3 Å².